The lowest BCUT2D eigenvalue weighted by Gasteiger charge is -2.12. The molecule has 94 valence electrons. The first kappa shape index (κ1) is 14.2. The van der Waals surface area contributed by atoms with Crippen LogP contribution in [0.25, 0.3) is 0 Å². The highest BCUT2D eigenvalue weighted by Gasteiger charge is 2.18. The first-order chi connectivity index (χ1) is 8.44. The van der Waals surface area contributed by atoms with Gasteiger partial charge in [0, 0.05) is 0 Å². The number of rotatable bonds is 4. The highest BCUT2D eigenvalue weighted by molar-refractivity contribution is 7.89. The maximum absolute atomic E-state index is 12.0. The fraction of sp³-hybridized carbons (Fsp3) is 0.308. The van der Waals surface area contributed by atoms with Crippen molar-refractivity contribution in [1.29, 1.82) is 5.26 Å². The van der Waals surface area contributed by atoms with Crippen molar-refractivity contribution in [3.8, 4) is 18.4 Å². The molecule has 0 aliphatic rings. The number of aryl methyl sites for hydroxylation is 1. The van der Waals surface area contributed by atoms with Crippen LogP contribution >= 0.6 is 0 Å². The van der Waals surface area contributed by atoms with E-state index in [9.17, 15) is 8.42 Å². The molecule has 1 unspecified atom stereocenters. The van der Waals surface area contributed by atoms with Gasteiger partial charge in [0.15, 0.2) is 0 Å². The van der Waals surface area contributed by atoms with Gasteiger partial charge in [0.1, 0.15) is 0 Å². The number of hydrogen-bond donors (Lipinski definition) is 1. The molecular weight excluding hydrogens is 248 g/mol. The van der Waals surface area contributed by atoms with Gasteiger partial charge in [-0.05, 0) is 37.1 Å². The Kier molecular flexibility index (Phi) is 4.49. The van der Waals surface area contributed by atoms with Gasteiger partial charge in [0.25, 0.3) is 0 Å². The molecule has 4 nitrogen and oxygen atoms in total. The highest BCUT2D eigenvalue weighted by Crippen LogP contribution is 2.15. The summed E-state index contributed by atoms with van der Waals surface area (Å²) >= 11 is 0. The molecule has 1 aromatic rings. The van der Waals surface area contributed by atoms with E-state index >= 15 is 0 Å². The molecule has 0 bridgehead atoms. The van der Waals surface area contributed by atoms with Crippen molar-refractivity contribution < 1.29 is 8.42 Å². The average Bonchev–Trinajstić information content (AvgIpc) is 2.35. The number of benzene rings is 1. The molecule has 0 amide bonds. The Morgan fingerprint density at radius 1 is 1.50 bits per heavy atom. The molecule has 0 radical (unpaired) electrons. The summed E-state index contributed by atoms with van der Waals surface area (Å²) in [5, 5.41) is 8.79. The summed E-state index contributed by atoms with van der Waals surface area (Å²) in [4.78, 5) is 0.118. The number of hydrogen-bond acceptors (Lipinski definition) is 3. The summed E-state index contributed by atoms with van der Waals surface area (Å²) in [5.41, 5.74) is 1.08. The summed E-state index contributed by atoms with van der Waals surface area (Å²) in [5.74, 6) is 2.37. The maximum atomic E-state index is 12.0. The van der Waals surface area contributed by atoms with Gasteiger partial charge in [0.05, 0.1) is 22.6 Å². The molecule has 0 aromatic heterocycles. The van der Waals surface area contributed by atoms with Gasteiger partial charge >= 0.3 is 0 Å². The van der Waals surface area contributed by atoms with Gasteiger partial charge in [0.2, 0.25) is 10.0 Å². The lowest BCUT2D eigenvalue weighted by molar-refractivity contribution is 0.570. The summed E-state index contributed by atoms with van der Waals surface area (Å²) in [6.07, 6.45) is 5.74. The molecule has 1 aromatic carbocycles. The standard InChI is InChI=1S/C13H14N2O2S/c1-4-12(5-2)15-18(16,17)13-7-6-11(9-14)10(3)8-13/h1,6-8,12,15H,5H2,2-3H3. The van der Waals surface area contributed by atoms with Crippen LogP contribution in [0.3, 0.4) is 0 Å². The van der Waals surface area contributed by atoms with Crippen molar-refractivity contribution in [2.45, 2.75) is 31.2 Å². The number of nitriles is 1. The number of nitrogens with one attached hydrogen (secondary N) is 1. The van der Waals surface area contributed by atoms with Crippen LogP contribution in [0.15, 0.2) is 23.1 Å². The predicted molar refractivity (Wildman–Crippen MR) is 69.1 cm³/mol. The molecule has 0 fully saturated rings. The smallest absolute Gasteiger partial charge is 0.207 e. The zero-order valence-corrected chi connectivity index (χ0v) is 11.1. The lowest BCUT2D eigenvalue weighted by Crippen LogP contribution is -2.33. The third kappa shape index (κ3) is 3.10. The topological polar surface area (TPSA) is 70.0 Å². The zero-order chi connectivity index (χ0) is 13.8. The molecule has 1 atom stereocenters. The van der Waals surface area contributed by atoms with E-state index < -0.39 is 16.1 Å². The Balaban J connectivity index is 3.11. The normalized spacial score (nSPS) is 12.4. The molecule has 0 heterocycles. The van der Waals surface area contributed by atoms with Crippen molar-refractivity contribution >= 4 is 10.0 Å². The van der Waals surface area contributed by atoms with E-state index in [1.54, 1.807) is 13.8 Å². The van der Waals surface area contributed by atoms with Crippen molar-refractivity contribution in [3.63, 3.8) is 0 Å². The molecule has 5 heteroatoms. The molecule has 1 rings (SSSR count). The van der Waals surface area contributed by atoms with Crippen LogP contribution in [0.2, 0.25) is 0 Å². The van der Waals surface area contributed by atoms with Crippen LogP contribution in [-0.4, -0.2) is 14.5 Å². The second kappa shape index (κ2) is 5.68. The van der Waals surface area contributed by atoms with E-state index in [4.69, 9.17) is 11.7 Å². The van der Waals surface area contributed by atoms with Crippen LogP contribution in [0.4, 0.5) is 0 Å². The van der Waals surface area contributed by atoms with Crippen LogP contribution in [0.5, 0.6) is 0 Å². The second-order valence-electron chi connectivity index (χ2n) is 3.84. The summed E-state index contributed by atoms with van der Waals surface area (Å²) in [6, 6.07) is 5.82. The quantitative estimate of drug-likeness (QED) is 0.837. The minimum Gasteiger partial charge on any atom is -0.207 e. The van der Waals surface area contributed by atoms with Gasteiger partial charge in [-0.1, -0.05) is 12.8 Å². The van der Waals surface area contributed by atoms with Crippen molar-refractivity contribution in [2.75, 3.05) is 0 Å². The molecule has 0 saturated carbocycles. The summed E-state index contributed by atoms with van der Waals surface area (Å²) in [6.45, 7) is 3.49. The van der Waals surface area contributed by atoms with Crippen LogP contribution < -0.4 is 4.72 Å². The lowest BCUT2D eigenvalue weighted by atomic mass is 10.1. The van der Waals surface area contributed by atoms with Crippen LogP contribution in [0, 0.1) is 30.6 Å². The average molecular weight is 262 g/mol. The van der Waals surface area contributed by atoms with Crippen molar-refractivity contribution in [1.82, 2.24) is 4.72 Å². The van der Waals surface area contributed by atoms with E-state index in [1.165, 1.54) is 18.2 Å². The monoisotopic (exact) mass is 262 g/mol. The minimum absolute atomic E-state index is 0.118. The van der Waals surface area contributed by atoms with Gasteiger partial charge in [-0.25, -0.2) is 8.42 Å². The largest absolute Gasteiger partial charge is 0.241 e. The van der Waals surface area contributed by atoms with E-state index in [0.29, 0.717) is 17.5 Å². The fourth-order valence-electron chi connectivity index (χ4n) is 1.42. The maximum Gasteiger partial charge on any atom is 0.241 e. The van der Waals surface area contributed by atoms with E-state index in [-0.39, 0.29) is 4.90 Å². The first-order valence-electron chi connectivity index (χ1n) is 5.43. The summed E-state index contributed by atoms with van der Waals surface area (Å²) < 4.78 is 26.5. The summed E-state index contributed by atoms with van der Waals surface area (Å²) in [7, 11) is -3.63. The van der Waals surface area contributed by atoms with Gasteiger partial charge in [-0.15, -0.1) is 6.42 Å². The van der Waals surface area contributed by atoms with Gasteiger partial charge < -0.3 is 0 Å². The second-order valence-corrected chi connectivity index (χ2v) is 5.55. The zero-order valence-electron chi connectivity index (χ0n) is 10.3. The van der Waals surface area contributed by atoms with E-state index in [1.807, 2.05) is 6.07 Å². The molecule has 18 heavy (non-hydrogen) atoms. The first-order valence-corrected chi connectivity index (χ1v) is 6.92. The van der Waals surface area contributed by atoms with Gasteiger partial charge in [-0.2, -0.15) is 9.98 Å². The molecule has 0 aliphatic heterocycles. The minimum atomic E-state index is -3.63. The Labute approximate surface area is 108 Å². The Morgan fingerprint density at radius 3 is 2.61 bits per heavy atom. The fourth-order valence-corrected chi connectivity index (χ4v) is 2.74. The Morgan fingerprint density at radius 2 is 2.17 bits per heavy atom. The van der Waals surface area contributed by atoms with Crippen LogP contribution in [0.1, 0.15) is 24.5 Å². The van der Waals surface area contributed by atoms with E-state index in [0.717, 1.165) is 0 Å². The van der Waals surface area contributed by atoms with E-state index in [2.05, 4.69) is 10.6 Å². The molecular formula is C13H14N2O2S. The van der Waals surface area contributed by atoms with Crippen LogP contribution in [-0.2, 0) is 10.0 Å². The van der Waals surface area contributed by atoms with Crippen molar-refractivity contribution in [3.05, 3.63) is 29.3 Å². The molecule has 0 spiro atoms. The SMILES string of the molecule is C#CC(CC)NS(=O)(=O)c1ccc(C#N)c(C)c1. The Hall–Kier alpha value is -1.82. The predicted octanol–water partition coefficient (Wildman–Crippen LogP) is 1.56. The molecule has 0 saturated heterocycles. The Bertz CT molecular complexity index is 621. The number of sulfonamides is 1. The van der Waals surface area contributed by atoms with Crippen molar-refractivity contribution in [2.24, 2.45) is 0 Å². The molecule has 1 N–H and O–H groups in total. The number of nitrogens with zero attached hydrogens (tertiary/aromatic N) is 1. The third-order valence-electron chi connectivity index (χ3n) is 2.54. The third-order valence-corrected chi connectivity index (χ3v) is 4.00. The van der Waals surface area contributed by atoms with Gasteiger partial charge in [-0.3, -0.25) is 0 Å². The highest BCUT2D eigenvalue weighted by atomic mass is 32.2. The number of terminal acetylenes is 1. The molecule has 0 aliphatic carbocycles.